The number of benzene rings is 11. The Morgan fingerprint density at radius 1 is 0.353 bits per heavy atom. The standard InChI is InChI=1S/C64H40N2OS/c1-2-17-48-41(15-1)35-40-54-62-52(23-13-28-59(62)67-64(48)54)51-20-6-9-25-56(51)65(45-38-33-43(34-39-45)47-22-14-30-61-63(47)53-21-7-12-29-60(53)68-61)44-36-31-42(32-37-44)46-16-3-8-24-55(46)66-57-26-10-4-18-49(57)50-19-5-11-27-58(50)66/h1-40H. The van der Waals surface area contributed by atoms with Crippen LogP contribution >= 0.6 is 11.3 Å². The van der Waals surface area contributed by atoms with Gasteiger partial charge in [0.15, 0.2) is 0 Å². The van der Waals surface area contributed by atoms with Crippen molar-refractivity contribution in [2.24, 2.45) is 0 Å². The predicted molar refractivity (Wildman–Crippen MR) is 289 cm³/mol. The number of rotatable bonds is 7. The minimum atomic E-state index is 0.876. The van der Waals surface area contributed by atoms with Crippen LogP contribution in [0.1, 0.15) is 0 Å². The minimum Gasteiger partial charge on any atom is -0.455 e. The fraction of sp³-hybridized carbons (Fsp3) is 0. The second-order valence-electron chi connectivity index (χ2n) is 17.6. The molecule has 0 saturated heterocycles. The van der Waals surface area contributed by atoms with Crippen LogP contribution < -0.4 is 4.90 Å². The van der Waals surface area contributed by atoms with E-state index in [9.17, 15) is 0 Å². The number of thiophene rings is 1. The van der Waals surface area contributed by atoms with Crippen LogP contribution in [-0.2, 0) is 0 Å². The van der Waals surface area contributed by atoms with Gasteiger partial charge in [-0.3, -0.25) is 0 Å². The van der Waals surface area contributed by atoms with E-state index in [-0.39, 0.29) is 0 Å². The summed E-state index contributed by atoms with van der Waals surface area (Å²) in [6.45, 7) is 0. The van der Waals surface area contributed by atoms with E-state index < -0.39 is 0 Å². The first-order chi connectivity index (χ1) is 33.7. The Labute approximate surface area is 396 Å². The SMILES string of the molecule is c1ccc(N(c2ccc(-c3ccccc3-n3c4ccccc4c4ccccc43)cc2)c2ccc(-c3cccc4sc5ccccc5c34)cc2)c(-c2cccc3oc4c5ccccc5ccc4c23)c1. The van der Waals surface area contributed by atoms with Crippen molar-refractivity contribution in [1.29, 1.82) is 0 Å². The van der Waals surface area contributed by atoms with Crippen molar-refractivity contribution in [2.75, 3.05) is 4.90 Å². The Hall–Kier alpha value is -8.70. The number of para-hydroxylation sites is 4. The molecule has 14 rings (SSSR count). The molecule has 0 bridgehead atoms. The highest BCUT2D eigenvalue weighted by molar-refractivity contribution is 7.25. The first-order valence-corrected chi connectivity index (χ1v) is 24.0. The molecule has 0 N–H and O–H groups in total. The maximum absolute atomic E-state index is 6.73. The van der Waals surface area contributed by atoms with Crippen molar-refractivity contribution < 1.29 is 4.42 Å². The lowest BCUT2D eigenvalue weighted by Crippen LogP contribution is -2.11. The molecule has 0 atom stereocenters. The van der Waals surface area contributed by atoms with Crippen LogP contribution in [0.25, 0.3) is 114 Å². The van der Waals surface area contributed by atoms with Crippen molar-refractivity contribution in [3.05, 3.63) is 243 Å². The van der Waals surface area contributed by atoms with Crippen molar-refractivity contribution in [3.8, 4) is 39.1 Å². The van der Waals surface area contributed by atoms with Crippen LogP contribution in [0.3, 0.4) is 0 Å². The van der Waals surface area contributed by atoms with E-state index in [1.165, 1.54) is 64.1 Å². The third-order valence-electron chi connectivity index (χ3n) is 13.8. The first kappa shape index (κ1) is 38.6. The van der Waals surface area contributed by atoms with Gasteiger partial charge in [0.05, 0.1) is 22.4 Å². The molecule has 11 aromatic carbocycles. The summed E-state index contributed by atoms with van der Waals surface area (Å²) < 4.78 is 11.8. The van der Waals surface area contributed by atoms with Gasteiger partial charge in [0, 0.05) is 69.6 Å². The molecule has 3 nitrogen and oxygen atoms in total. The predicted octanol–water partition coefficient (Wildman–Crippen LogP) is 18.7. The summed E-state index contributed by atoms with van der Waals surface area (Å²) in [7, 11) is 0. The topological polar surface area (TPSA) is 21.3 Å². The van der Waals surface area contributed by atoms with E-state index in [2.05, 4.69) is 252 Å². The molecule has 0 unspecified atom stereocenters. The van der Waals surface area contributed by atoms with Gasteiger partial charge in [-0.15, -0.1) is 11.3 Å². The van der Waals surface area contributed by atoms with Crippen LogP contribution in [-0.4, -0.2) is 4.57 Å². The zero-order valence-corrected chi connectivity index (χ0v) is 37.6. The molecule has 14 aromatic rings. The van der Waals surface area contributed by atoms with Crippen LogP contribution in [0.5, 0.6) is 0 Å². The minimum absolute atomic E-state index is 0.876. The largest absolute Gasteiger partial charge is 0.455 e. The Balaban J connectivity index is 0.943. The molecule has 0 radical (unpaired) electrons. The maximum Gasteiger partial charge on any atom is 0.143 e. The number of furan rings is 1. The first-order valence-electron chi connectivity index (χ1n) is 23.2. The average Bonchev–Trinajstić information content (AvgIpc) is 4.10. The fourth-order valence-corrected chi connectivity index (χ4v) is 11.9. The lowest BCUT2D eigenvalue weighted by atomic mass is 9.95. The highest BCUT2D eigenvalue weighted by Crippen LogP contribution is 2.47. The summed E-state index contributed by atoms with van der Waals surface area (Å²) >= 11 is 1.86. The molecule has 0 amide bonds. The van der Waals surface area contributed by atoms with Crippen molar-refractivity contribution >= 4 is 103 Å². The number of aromatic nitrogens is 1. The summed E-state index contributed by atoms with van der Waals surface area (Å²) in [6.07, 6.45) is 0. The van der Waals surface area contributed by atoms with Gasteiger partial charge >= 0.3 is 0 Å². The van der Waals surface area contributed by atoms with Gasteiger partial charge in [0.2, 0.25) is 0 Å². The highest BCUT2D eigenvalue weighted by Gasteiger charge is 2.22. The van der Waals surface area contributed by atoms with Crippen LogP contribution in [0.4, 0.5) is 17.1 Å². The van der Waals surface area contributed by atoms with Crippen molar-refractivity contribution in [2.45, 2.75) is 0 Å². The van der Waals surface area contributed by atoms with Crippen LogP contribution in [0, 0.1) is 0 Å². The molecule has 0 fully saturated rings. The van der Waals surface area contributed by atoms with Gasteiger partial charge in [0.25, 0.3) is 0 Å². The van der Waals surface area contributed by atoms with Gasteiger partial charge < -0.3 is 13.9 Å². The zero-order valence-electron chi connectivity index (χ0n) is 36.8. The lowest BCUT2D eigenvalue weighted by molar-refractivity contribution is 0.673. The van der Waals surface area contributed by atoms with E-state index in [1.807, 2.05) is 11.3 Å². The number of nitrogens with zero attached hydrogens (tertiary/aromatic N) is 2. The number of fused-ring (bicyclic) bond motifs is 11. The van der Waals surface area contributed by atoms with E-state index in [0.717, 1.165) is 66.8 Å². The molecule has 3 heterocycles. The second-order valence-corrected chi connectivity index (χ2v) is 18.6. The molecule has 0 aliphatic heterocycles. The van der Waals surface area contributed by atoms with Gasteiger partial charge in [0.1, 0.15) is 11.2 Å². The molecule has 0 aliphatic carbocycles. The molecule has 4 heteroatoms. The third-order valence-corrected chi connectivity index (χ3v) is 15.0. The van der Waals surface area contributed by atoms with Gasteiger partial charge in [-0.25, -0.2) is 0 Å². The smallest absolute Gasteiger partial charge is 0.143 e. The third kappa shape index (κ3) is 5.98. The highest BCUT2D eigenvalue weighted by atomic mass is 32.1. The van der Waals surface area contributed by atoms with E-state index in [1.54, 1.807) is 0 Å². The van der Waals surface area contributed by atoms with Crippen LogP contribution in [0.2, 0.25) is 0 Å². The summed E-state index contributed by atoms with van der Waals surface area (Å²) in [4.78, 5) is 2.42. The van der Waals surface area contributed by atoms with Gasteiger partial charge in [-0.1, -0.05) is 170 Å². The monoisotopic (exact) mass is 884 g/mol. The number of anilines is 3. The molecular weight excluding hydrogens is 845 g/mol. The number of hydrogen-bond donors (Lipinski definition) is 0. The molecular formula is C64H40N2OS. The Bertz CT molecular complexity index is 4210. The Morgan fingerprint density at radius 3 is 1.68 bits per heavy atom. The lowest BCUT2D eigenvalue weighted by Gasteiger charge is -2.28. The molecule has 318 valence electrons. The second kappa shape index (κ2) is 15.5. The Morgan fingerprint density at radius 2 is 0.912 bits per heavy atom. The van der Waals surface area contributed by atoms with Gasteiger partial charge in [-0.2, -0.15) is 0 Å². The molecule has 68 heavy (non-hydrogen) atoms. The molecule has 0 spiro atoms. The van der Waals surface area contributed by atoms with Crippen LogP contribution in [0.15, 0.2) is 247 Å². The quantitative estimate of drug-likeness (QED) is 0.159. The summed E-state index contributed by atoms with van der Waals surface area (Å²) in [6, 6.07) is 88.1. The fourth-order valence-electron chi connectivity index (χ4n) is 10.8. The normalized spacial score (nSPS) is 11.8. The van der Waals surface area contributed by atoms with Crippen molar-refractivity contribution in [1.82, 2.24) is 4.57 Å². The van der Waals surface area contributed by atoms with Gasteiger partial charge in [-0.05, 0) is 100 Å². The summed E-state index contributed by atoms with van der Waals surface area (Å²) in [5.41, 5.74) is 15.5. The van der Waals surface area contributed by atoms with E-state index >= 15 is 0 Å². The number of hydrogen-bond acceptors (Lipinski definition) is 3. The molecule has 0 aliphatic rings. The molecule has 3 aromatic heterocycles. The van der Waals surface area contributed by atoms with E-state index in [0.29, 0.717) is 0 Å². The van der Waals surface area contributed by atoms with E-state index in [4.69, 9.17) is 4.42 Å². The summed E-state index contributed by atoms with van der Waals surface area (Å²) in [5.74, 6) is 0. The maximum atomic E-state index is 6.73. The average molecular weight is 885 g/mol. The zero-order chi connectivity index (χ0) is 44.7. The van der Waals surface area contributed by atoms with Crippen molar-refractivity contribution in [3.63, 3.8) is 0 Å². The Kier molecular flexibility index (Phi) is 8.76. The molecule has 0 saturated carbocycles. The summed E-state index contributed by atoms with van der Waals surface area (Å²) in [5, 5.41) is 9.63.